The quantitative estimate of drug-likeness (QED) is 0.866. The van der Waals surface area contributed by atoms with Crippen LogP contribution in [0.15, 0.2) is 27.4 Å². The van der Waals surface area contributed by atoms with Crippen LogP contribution in [0, 0.1) is 16.7 Å². The molecule has 1 saturated carbocycles. The molecule has 0 atom stereocenters. The number of nitrogens with one attached hydrogen (secondary N) is 2. The number of aromatic amines is 1. The van der Waals surface area contributed by atoms with Gasteiger partial charge < -0.3 is 9.73 Å². The van der Waals surface area contributed by atoms with Crippen LogP contribution < -0.4 is 11.1 Å². The smallest absolute Gasteiger partial charge is 0.408 e. The summed E-state index contributed by atoms with van der Waals surface area (Å²) in [5, 5.41) is 12.4. The summed E-state index contributed by atoms with van der Waals surface area (Å²) in [5.74, 6) is -0.449. The molecule has 92 valence electrons. The van der Waals surface area contributed by atoms with Crippen LogP contribution in [0.4, 0.5) is 5.69 Å². The number of nitriles is 1. The Labute approximate surface area is 103 Å². The van der Waals surface area contributed by atoms with Crippen molar-refractivity contribution < 1.29 is 4.42 Å². The van der Waals surface area contributed by atoms with Crippen LogP contribution in [0.1, 0.15) is 19.3 Å². The minimum absolute atomic E-state index is 0.214. The Morgan fingerprint density at radius 1 is 1.50 bits per heavy atom. The molecule has 0 unspecified atom stereocenters. The number of nitrogens with zero attached hydrogens (tertiary/aromatic N) is 1. The van der Waals surface area contributed by atoms with Gasteiger partial charge in [-0.25, -0.2) is 4.79 Å². The number of anilines is 1. The number of hydrogen-bond acceptors (Lipinski definition) is 4. The summed E-state index contributed by atoms with van der Waals surface area (Å²) >= 11 is 0. The fourth-order valence-corrected chi connectivity index (χ4v) is 2.26. The molecule has 18 heavy (non-hydrogen) atoms. The number of rotatable bonds is 3. The lowest BCUT2D eigenvalue weighted by atomic mass is 9.70. The Hall–Kier alpha value is -2.22. The second kappa shape index (κ2) is 3.91. The maximum absolute atomic E-state index is 11.0. The zero-order valence-electron chi connectivity index (χ0n) is 9.82. The molecule has 0 saturated heterocycles. The molecule has 1 aliphatic carbocycles. The van der Waals surface area contributed by atoms with Gasteiger partial charge in [0.05, 0.1) is 17.0 Å². The average molecular weight is 243 g/mol. The third-order valence-electron chi connectivity index (χ3n) is 3.60. The largest absolute Gasteiger partial charge is 0.417 e. The van der Waals surface area contributed by atoms with Gasteiger partial charge in [-0.15, -0.1) is 0 Å². The molecule has 1 fully saturated rings. The second-order valence-electron chi connectivity index (χ2n) is 4.82. The lowest BCUT2D eigenvalue weighted by Crippen LogP contribution is -2.34. The Morgan fingerprint density at radius 3 is 3.00 bits per heavy atom. The Morgan fingerprint density at radius 2 is 2.33 bits per heavy atom. The van der Waals surface area contributed by atoms with Crippen LogP contribution >= 0.6 is 0 Å². The standard InChI is InChI=1S/C13H13N3O2/c14-7-13(4-1-5-13)8-15-9-2-3-10-11(6-9)18-12(17)16-10/h2-3,6,15H,1,4-5,8H2,(H,16,17). The molecular formula is C13H13N3O2. The monoisotopic (exact) mass is 243 g/mol. The van der Waals surface area contributed by atoms with Gasteiger partial charge in [0, 0.05) is 18.3 Å². The number of oxazole rings is 1. The molecule has 0 spiro atoms. The molecule has 0 bridgehead atoms. The molecular weight excluding hydrogens is 230 g/mol. The first kappa shape index (κ1) is 10.9. The summed E-state index contributed by atoms with van der Waals surface area (Å²) in [6.45, 7) is 0.643. The third-order valence-corrected chi connectivity index (χ3v) is 3.60. The fourth-order valence-electron chi connectivity index (χ4n) is 2.26. The molecule has 2 aromatic rings. The normalized spacial score (nSPS) is 17.1. The molecule has 1 aliphatic rings. The van der Waals surface area contributed by atoms with Crippen LogP contribution in [0.5, 0.6) is 0 Å². The van der Waals surface area contributed by atoms with Gasteiger partial charge in [-0.2, -0.15) is 5.26 Å². The lowest BCUT2D eigenvalue weighted by Gasteiger charge is -2.35. The molecule has 0 radical (unpaired) electrons. The molecule has 5 nitrogen and oxygen atoms in total. The van der Waals surface area contributed by atoms with Gasteiger partial charge in [0.2, 0.25) is 0 Å². The van der Waals surface area contributed by atoms with E-state index in [0.29, 0.717) is 17.6 Å². The highest BCUT2D eigenvalue weighted by Crippen LogP contribution is 2.40. The van der Waals surface area contributed by atoms with E-state index in [-0.39, 0.29) is 5.41 Å². The summed E-state index contributed by atoms with van der Waals surface area (Å²) in [5.41, 5.74) is 1.87. The van der Waals surface area contributed by atoms with Gasteiger partial charge in [-0.3, -0.25) is 4.98 Å². The van der Waals surface area contributed by atoms with E-state index in [1.807, 2.05) is 6.07 Å². The highest BCUT2D eigenvalue weighted by molar-refractivity contribution is 5.76. The van der Waals surface area contributed by atoms with Crippen molar-refractivity contribution in [3.05, 3.63) is 28.7 Å². The van der Waals surface area contributed by atoms with Crippen molar-refractivity contribution in [2.24, 2.45) is 5.41 Å². The Bertz CT molecular complexity index is 673. The SMILES string of the molecule is N#CC1(CNc2ccc3[nH]c(=O)oc3c2)CCC1. The number of fused-ring (bicyclic) bond motifs is 1. The topological polar surface area (TPSA) is 81.8 Å². The number of aromatic nitrogens is 1. The molecule has 1 aromatic carbocycles. The van der Waals surface area contributed by atoms with Gasteiger partial charge >= 0.3 is 5.76 Å². The maximum Gasteiger partial charge on any atom is 0.417 e. The molecule has 1 aromatic heterocycles. The van der Waals surface area contributed by atoms with E-state index >= 15 is 0 Å². The zero-order chi connectivity index (χ0) is 12.6. The molecule has 2 N–H and O–H groups in total. The molecule has 1 heterocycles. The number of hydrogen-bond donors (Lipinski definition) is 2. The van der Waals surface area contributed by atoms with Crippen LogP contribution in [-0.2, 0) is 0 Å². The molecule has 5 heteroatoms. The maximum atomic E-state index is 11.0. The van der Waals surface area contributed by atoms with Crippen molar-refractivity contribution in [2.75, 3.05) is 11.9 Å². The minimum Gasteiger partial charge on any atom is -0.408 e. The van der Waals surface area contributed by atoms with Crippen LogP contribution in [0.2, 0.25) is 0 Å². The second-order valence-corrected chi connectivity index (χ2v) is 4.82. The van der Waals surface area contributed by atoms with Crippen LogP contribution in [0.25, 0.3) is 11.1 Å². The van der Waals surface area contributed by atoms with Crippen LogP contribution in [0.3, 0.4) is 0 Å². The van der Waals surface area contributed by atoms with Crippen molar-refractivity contribution in [3.63, 3.8) is 0 Å². The van der Waals surface area contributed by atoms with E-state index in [1.165, 1.54) is 0 Å². The summed E-state index contributed by atoms with van der Waals surface area (Å²) in [7, 11) is 0. The lowest BCUT2D eigenvalue weighted by molar-refractivity contribution is 0.233. The first-order valence-corrected chi connectivity index (χ1v) is 5.99. The Kier molecular flexibility index (Phi) is 2.37. The van der Waals surface area contributed by atoms with Gasteiger partial charge in [-0.1, -0.05) is 6.42 Å². The van der Waals surface area contributed by atoms with E-state index in [4.69, 9.17) is 9.68 Å². The van der Waals surface area contributed by atoms with Gasteiger partial charge in [0.1, 0.15) is 0 Å². The van der Waals surface area contributed by atoms with Crippen molar-refractivity contribution in [3.8, 4) is 6.07 Å². The molecule has 3 rings (SSSR count). The zero-order valence-corrected chi connectivity index (χ0v) is 9.82. The van der Waals surface area contributed by atoms with E-state index in [1.54, 1.807) is 12.1 Å². The van der Waals surface area contributed by atoms with Gasteiger partial charge in [0.15, 0.2) is 5.58 Å². The van der Waals surface area contributed by atoms with E-state index in [0.717, 1.165) is 24.9 Å². The third kappa shape index (κ3) is 1.76. The van der Waals surface area contributed by atoms with E-state index in [2.05, 4.69) is 16.4 Å². The van der Waals surface area contributed by atoms with Crippen LogP contribution in [-0.4, -0.2) is 11.5 Å². The summed E-state index contributed by atoms with van der Waals surface area (Å²) in [6, 6.07) is 7.83. The number of benzene rings is 1. The average Bonchev–Trinajstić information content (AvgIpc) is 2.67. The van der Waals surface area contributed by atoms with Crippen molar-refractivity contribution >= 4 is 16.8 Å². The molecule has 0 aliphatic heterocycles. The highest BCUT2D eigenvalue weighted by Gasteiger charge is 2.36. The molecule has 0 amide bonds. The van der Waals surface area contributed by atoms with E-state index < -0.39 is 5.76 Å². The number of H-pyrrole nitrogens is 1. The minimum atomic E-state index is -0.449. The predicted molar refractivity (Wildman–Crippen MR) is 67.2 cm³/mol. The summed E-state index contributed by atoms with van der Waals surface area (Å²) in [4.78, 5) is 13.6. The van der Waals surface area contributed by atoms with Crippen molar-refractivity contribution in [1.82, 2.24) is 4.98 Å². The summed E-state index contributed by atoms with van der Waals surface area (Å²) < 4.78 is 4.99. The summed E-state index contributed by atoms with van der Waals surface area (Å²) in [6.07, 6.45) is 3.04. The first-order valence-electron chi connectivity index (χ1n) is 5.99. The van der Waals surface area contributed by atoms with Crippen molar-refractivity contribution in [1.29, 1.82) is 5.26 Å². The van der Waals surface area contributed by atoms with E-state index in [9.17, 15) is 4.79 Å². The Balaban J connectivity index is 1.78. The highest BCUT2D eigenvalue weighted by atomic mass is 16.4. The van der Waals surface area contributed by atoms with Crippen molar-refractivity contribution in [2.45, 2.75) is 19.3 Å². The van der Waals surface area contributed by atoms with Gasteiger partial charge in [-0.05, 0) is 25.0 Å². The first-order chi connectivity index (χ1) is 8.71. The predicted octanol–water partition coefficient (Wildman–Crippen LogP) is 2.23. The fraction of sp³-hybridized carbons (Fsp3) is 0.385. The van der Waals surface area contributed by atoms with Gasteiger partial charge in [0.25, 0.3) is 0 Å².